The van der Waals surface area contributed by atoms with E-state index in [1.165, 1.54) is 12.1 Å². The van der Waals surface area contributed by atoms with Gasteiger partial charge < -0.3 is 4.52 Å². The highest BCUT2D eigenvalue weighted by Crippen LogP contribution is 2.42. The number of pyridine rings is 1. The minimum Gasteiger partial charge on any atom is -0.356 e. The molecule has 168 valence electrons. The normalized spacial score (nSPS) is 11.5. The van der Waals surface area contributed by atoms with E-state index in [-0.39, 0.29) is 0 Å². The molecule has 34 heavy (non-hydrogen) atoms. The zero-order valence-corrected chi connectivity index (χ0v) is 18.2. The summed E-state index contributed by atoms with van der Waals surface area (Å²) in [6.07, 6.45) is -4.42. The summed E-state index contributed by atoms with van der Waals surface area (Å²) in [4.78, 5) is 4.91. The van der Waals surface area contributed by atoms with Crippen LogP contribution in [0, 0.1) is 6.92 Å². The van der Waals surface area contributed by atoms with Crippen LogP contribution in [0.1, 0.15) is 11.3 Å². The minimum atomic E-state index is -4.42. The Kier molecular flexibility index (Phi) is 5.49. The van der Waals surface area contributed by atoms with Gasteiger partial charge in [-0.25, -0.2) is 4.98 Å². The van der Waals surface area contributed by atoms with Crippen LogP contribution in [-0.4, -0.2) is 10.1 Å². The topological polar surface area (TPSA) is 38.9 Å². The Labute approximate surface area is 194 Å². The summed E-state index contributed by atoms with van der Waals surface area (Å²) < 4.78 is 45.2. The summed E-state index contributed by atoms with van der Waals surface area (Å²) in [6.45, 7) is 1.82. The van der Waals surface area contributed by atoms with Crippen LogP contribution >= 0.6 is 0 Å². The van der Waals surface area contributed by atoms with E-state index in [2.05, 4.69) is 5.16 Å². The second kappa shape index (κ2) is 8.63. The van der Waals surface area contributed by atoms with E-state index >= 15 is 0 Å². The lowest BCUT2D eigenvalue weighted by molar-refractivity contribution is -0.137. The van der Waals surface area contributed by atoms with Gasteiger partial charge in [-0.1, -0.05) is 78.0 Å². The third kappa shape index (κ3) is 4.22. The van der Waals surface area contributed by atoms with Crippen molar-refractivity contribution in [3.05, 3.63) is 108 Å². The molecule has 2 aromatic heterocycles. The average Bonchev–Trinajstić information content (AvgIpc) is 3.29. The van der Waals surface area contributed by atoms with Crippen molar-refractivity contribution >= 4 is 0 Å². The number of nitrogens with zero attached hydrogens (tertiary/aromatic N) is 2. The minimum absolute atomic E-state index is 0.498. The van der Waals surface area contributed by atoms with Crippen LogP contribution in [0.25, 0.3) is 45.0 Å². The summed E-state index contributed by atoms with van der Waals surface area (Å²) in [5.41, 5.74) is 5.10. The van der Waals surface area contributed by atoms with E-state index in [1.807, 2.05) is 73.7 Å². The van der Waals surface area contributed by atoms with Crippen molar-refractivity contribution in [2.75, 3.05) is 0 Å². The van der Waals surface area contributed by atoms with Crippen molar-refractivity contribution < 1.29 is 17.7 Å². The Morgan fingerprint density at radius 1 is 0.706 bits per heavy atom. The number of benzene rings is 3. The lowest BCUT2D eigenvalue weighted by Crippen LogP contribution is -2.04. The number of alkyl halides is 3. The van der Waals surface area contributed by atoms with Gasteiger partial charge in [-0.2, -0.15) is 13.2 Å². The molecule has 6 heteroatoms. The quantitative estimate of drug-likeness (QED) is 0.274. The molecule has 0 aliphatic carbocycles. The molecule has 0 aliphatic rings. The SMILES string of the molecule is Cc1cc(-c2c(-c3ccccc3)cc(-c3ccccc3)nc2-c2ccc(C(F)(F)F)cc2)on1. The van der Waals surface area contributed by atoms with Crippen LogP contribution in [0.2, 0.25) is 0 Å². The number of hydrogen-bond donors (Lipinski definition) is 0. The summed E-state index contributed by atoms with van der Waals surface area (Å²) in [5, 5.41) is 4.04. The summed E-state index contributed by atoms with van der Waals surface area (Å²) >= 11 is 0. The monoisotopic (exact) mass is 456 g/mol. The van der Waals surface area contributed by atoms with Crippen LogP contribution in [0.3, 0.4) is 0 Å². The van der Waals surface area contributed by atoms with Gasteiger partial charge in [0.05, 0.1) is 28.2 Å². The Morgan fingerprint density at radius 3 is 1.88 bits per heavy atom. The summed E-state index contributed by atoms with van der Waals surface area (Å²) in [5.74, 6) is 0.498. The van der Waals surface area contributed by atoms with E-state index < -0.39 is 11.7 Å². The first-order valence-electron chi connectivity index (χ1n) is 10.7. The largest absolute Gasteiger partial charge is 0.416 e. The molecule has 0 spiro atoms. The van der Waals surface area contributed by atoms with Crippen LogP contribution in [0.5, 0.6) is 0 Å². The van der Waals surface area contributed by atoms with Gasteiger partial charge in [0.25, 0.3) is 0 Å². The molecule has 0 N–H and O–H groups in total. The fraction of sp³-hybridized carbons (Fsp3) is 0.0714. The average molecular weight is 456 g/mol. The Morgan fingerprint density at radius 2 is 1.32 bits per heavy atom. The molecule has 0 atom stereocenters. The summed E-state index contributed by atoms with van der Waals surface area (Å²) in [6, 6.07) is 28.2. The molecule has 0 saturated carbocycles. The smallest absolute Gasteiger partial charge is 0.356 e. The highest BCUT2D eigenvalue weighted by atomic mass is 19.4. The zero-order valence-electron chi connectivity index (χ0n) is 18.2. The number of rotatable bonds is 4. The van der Waals surface area contributed by atoms with Gasteiger partial charge >= 0.3 is 6.18 Å². The lowest BCUT2D eigenvalue weighted by Gasteiger charge is -2.16. The standard InChI is InChI=1S/C28H19F3N2O/c1-18-16-25(34-33-18)26-23(19-8-4-2-5-9-19)17-24(20-10-6-3-7-11-20)32-27(26)21-12-14-22(15-13-21)28(29,30)31/h2-17H,1H3. The van der Waals surface area contributed by atoms with Crippen molar-refractivity contribution in [3.63, 3.8) is 0 Å². The Hall–Kier alpha value is -4.19. The van der Waals surface area contributed by atoms with Gasteiger partial charge in [0.1, 0.15) is 0 Å². The predicted molar refractivity (Wildman–Crippen MR) is 126 cm³/mol. The molecule has 5 rings (SSSR count). The number of aromatic nitrogens is 2. The van der Waals surface area contributed by atoms with Gasteiger partial charge in [-0.3, -0.25) is 0 Å². The maximum Gasteiger partial charge on any atom is 0.416 e. The van der Waals surface area contributed by atoms with Crippen molar-refractivity contribution in [1.29, 1.82) is 0 Å². The first-order chi connectivity index (χ1) is 16.4. The first-order valence-corrected chi connectivity index (χ1v) is 10.7. The lowest BCUT2D eigenvalue weighted by atomic mass is 9.92. The molecule has 0 aliphatic heterocycles. The Balaban J connectivity index is 1.82. The van der Waals surface area contributed by atoms with E-state index in [0.717, 1.165) is 28.8 Å². The van der Waals surface area contributed by atoms with Crippen LogP contribution < -0.4 is 0 Å². The van der Waals surface area contributed by atoms with Gasteiger partial charge in [0.15, 0.2) is 5.76 Å². The molecular formula is C28H19F3N2O. The molecule has 5 aromatic rings. The molecule has 3 aromatic carbocycles. The van der Waals surface area contributed by atoms with Crippen LogP contribution in [0.15, 0.2) is 102 Å². The fourth-order valence-corrected chi connectivity index (χ4v) is 3.90. The van der Waals surface area contributed by atoms with Gasteiger partial charge in [-0.15, -0.1) is 0 Å². The molecule has 0 bridgehead atoms. The van der Waals surface area contributed by atoms with E-state index in [1.54, 1.807) is 6.07 Å². The highest BCUT2D eigenvalue weighted by Gasteiger charge is 2.30. The zero-order chi connectivity index (χ0) is 23.7. The van der Waals surface area contributed by atoms with Crippen LogP contribution in [-0.2, 0) is 6.18 Å². The molecule has 0 unspecified atom stereocenters. The van der Waals surface area contributed by atoms with Crippen molar-refractivity contribution in [1.82, 2.24) is 10.1 Å². The van der Waals surface area contributed by atoms with Crippen molar-refractivity contribution in [3.8, 4) is 45.0 Å². The molecule has 0 saturated heterocycles. The van der Waals surface area contributed by atoms with E-state index in [9.17, 15) is 13.2 Å². The second-order valence-corrected chi connectivity index (χ2v) is 7.92. The highest BCUT2D eigenvalue weighted by molar-refractivity contribution is 5.93. The third-order valence-electron chi connectivity index (χ3n) is 5.53. The van der Waals surface area contributed by atoms with E-state index in [0.29, 0.717) is 34.0 Å². The molecule has 0 amide bonds. The molecule has 2 heterocycles. The summed E-state index contributed by atoms with van der Waals surface area (Å²) in [7, 11) is 0. The molecule has 3 nitrogen and oxygen atoms in total. The van der Waals surface area contributed by atoms with Gasteiger partial charge in [0.2, 0.25) is 0 Å². The molecule has 0 fully saturated rings. The van der Waals surface area contributed by atoms with Gasteiger partial charge in [-0.05, 0) is 36.2 Å². The van der Waals surface area contributed by atoms with Crippen LogP contribution in [0.4, 0.5) is 13.2 Å². The Bertz CT molecular complexity index is 1420. The third-order valence-corrected chi connectivity index (χ3v) is 5.53. The molecular weight excluding hydrogens is 437 g/mol. The van der Waals surface area contributed by atoms with Crippen molar-refractivity contribution in [2.24, 2.45) is 0 Å². The maximum absolute atomic E-state index is 13.2. The maximum atomic E-state index is 13.2. The second-order valence-electron chi connectivity index (χ2n) is 7.92. The first kappa shape index (κ1) is 21.6. The number of aryl methyl sites for hydroxylation is 1. The number of halogens is 3. The van der Waals surface area contributed by atoms with Gasteiger partial charge in [0, 0.05) is 17.2 Å². The molecule has 0 radical (unpaired) electrons. The number of hydrogen-bond acceptors (Lipinski definition) is 3. The fourth-order valence-electron chi connectivity index (χ4n) is 3.90. The predicted octanol–water partition coefficient (Wildman–Crippen LogP) is 8.06. The van der Waals surface area contributed by atoms with Crippen molar-refractivity contribution in [2.45, 2.75) is 13.1 Å². The van der Waals surface area contributed by atoms with E-state index in [4.69, 9.17) is 9.51 Å².